The first-order chi connectivity index (χ1) is 13.9. The van der Waals surface area contributed by atoms with E-state index >= 15 is 0 Å². The maximum atomic E-state index is 12.8. The van der Waals surface area contributed by atoms with Crippen molar-refractivity contribution in [2.75, 3.05) is 32.9 Å². The Balaban J connectivity index is 1.62. The van der Waals surface area contributed by atoms with E-state index in [1.807, 2.05) is 38.1 Å². The molecule has 1 amide bonds. The van der Waals surface area contributed by atoms with Gasteiger partial charge in [-0.1, -0.05) is 23.8 Å². The van der Waals surface area contributed by atoms with Crippen LogP contribution in [0.1, 0.15) is 22.8 Å². The second-order valence-electron chi connectivity index (χ2n) is 7.04. The number of rotatable bonds is 7. The number of carbonyl (C=O) groups is 1. The number of hydrogen-bond acceptors (Lipinski definition) is 5. The van der Waals surface area contributed by atoms with Crippen molar-refractivity contribution >= 4 is 15.9 Å². The van der Waals surface area contributed by atoms with Gasteiger partial charge in [-0.15, -0.1) is 0 Å². The molecule has 1 aliphatic heterocycles. The Labute approximate surface area is 171 Å². The molecule has 3 rings (SSSR count). The molecule has 0 unspecified atom stereocenters. The van der Waals surface area contributed by atoms with Gasteiger partial charge in [0.25, 0.3) is 5.91 Å². The van der Waals surface area contributed by atoms with E-state index in [1.54, 1.807) is 12.1 Å². The van der Waals surface area contributed by atoms with Crippen LogP contribution in [0.15, 0.2) is 53.4 Å². The molecule has 1 heterocycles. The molecule has 8 heteroatoms. The van der Waals surface area contributed by atoms with E-state index in [-0.39, 0.29) is 16.8 Å². The molecule has 1 aliphatic rings. The highest BCUT2D eigenvalue weighted by Gasteiger charge is 2.27. The van der Waals surface area contributed by atoms with Crippen LogP contribution in [0.4, 0.5) is 0 Å². The van der Waals surface area contributed by atoms with Gasteiger partial charge in [0.1, 0.15) is 12.4 Å². The number of sulfonamides is 1. The molecule has 2 aromatic carbocycles. The van der Waals surface area contributed by atoms with Gasteiger partial charge in [0.2, 0.25) is 10.0 Å². The highest BCUT2D eigenvalue weighted by atomic mass is 32.2. The van der Waals surface area contributed by atoms with Crippen molar-refractivity contribution in [1.29, 1.82) is 0 Å². The largest absolute Gasteiger partial charge is 0.491 e. The zero-order chi connectivity index (χ0) is 20.9. The van der Waals surface area contributed by atoms with Gasteiger partial charge in [0, 0.05) is 18.7 Å². The number of hydrogen-bond donors (Lipinski definition) is 1. The highest BCUT2D eigenvalue weighted by Crippen LogP contribution is 2.18. The molecular weight excluding hydrogens is 392 g/mol. The SMILES string of the molecule is Cc1ccc(OC[C@H](C)NC(=O)c2cccc(S(=O)(=O)N3CCOCC3)c2)cc1. The third-order valence-electron chi connectivity index (χ3n) is 4.60. The molecule has 1 N–H and O–H groups in total. The van der Waals surface area contributed by atoms with Crippen molar-refractivity contribution in [1.82, 2.24) is 9.62 Å². The van der Waals surface area contributed by atoms with Crippen molar-refractivity contribution < 1.29 is 22.7 Å². The molecule has 1 fully saturated rings. The minimum atomic E-state index is -3.65. The van der Waals surface area contributed by atoms with E-state index < -0.39 is 10.0 Å². The molecule has 7 nitrogen and oxygen atoms in total. The number of ether oxygens (including phenoxy) is 2. The molecule has 2 aromatic rings. The molecule has 29 heavy (non-hydrogen) atoms. The fourth-order valence-electron chi connectivity index (χ4n) is 2.94. The summed E-state index contributed by atoms with van der Waals surface area (Å²) in [7, 11) is -3.65. The molecule has 0 aromatic heterocycles. The van der Waals surface area contributed by atoms with Gasteiger partial charge in [-0.25, -0.2) is 8.42 Å². The minimum absolute atomic E-state index is 0.107. The molecular formula is C21H26N2O5S. The Hall–Kier alpha value is -2.42. The fourth-order valence-corrected chi connectivity index (χ4v) is 4.39. The quantitative estimate of drug-likeness (QED) is 0.745. The Morgan fingerprint density at radius 3 is 2.55 bits per heavy atom. The third-order valence-corrected chi connectivity index (χ3v) is 6.50. The molecule has 0 radical (unpaired) electrons. The van der Waals surface area contributed by atoms with Gasteiger partial charge in [0.15, 0.2) is 0 Å². The van der Waals surface area contributed by atoms with Gasteiger partial charge in [-0.2, -0.15) is 4.31 Å². The summed E-state index contributed by atoms with van der Waals surface area (Å²) in [4.78, 5) is 12.7. The van der Waals surface area contributed by atoms with Crippen LogP contribution in [0.3, 0.4) is 0 Å². The normalized spacial score (nSPS) is 16.2. The Kier molecular flexibility index (Phi) is 6.89. The zero-order valence-corrected chi connectivity index (χ0v) is 17.4. The van der Waals surface area contributed by atoms with E-state index in [0.717, 1.165) is 11.3 Å². The highest BCUT2D eigenvalue weighted by molar-refractivity contribution is 7.89. The third kappa shape index (κ3) is 5.56. The topological polar surface area (TPSA) is 84.9 Å². The maximum absolute atomic E-state index is 12.8. The standard InChI is InChI=1S/C21H26N2O5S/c1-16-6-8-19(9-7-16)28-15-17(2)22-21(24)18-4-3-5-20(14-18)29(25,26)23-10-12-27-13-11-23/h3-9,14,17H,10-13,15H2,1-2H3,(H,22,24)/t17-/m0/s1. The van der Waals surface area contributed by atoms with Crippen LogP contribution >= 0.6 is 0 Å². The Bertz CT molecular complexity index is 938. The van der Waals surface area contributed by atoms with Gasteiger partial charge >= 0.3 is 0 Å². The molecule has 1 atom stereocenters. The Morgan fingerprint density at radius 1 is 1.17 bits per heavy atom. The monoisotopic (exact) mass is 418 g/mol. The predicted molar refractivity (Wildman–Crippen MR) is 110 cm³/mol. The summed E-state index contributed by atoms with van der Waals surface area (Å²) >= 11 is 0. The lowest BCUT2D eigenvalue weighted by Crippen LogP contribution is -2.40. The van der Waals surface area contributed by atoms with Gasteiger partial charge in [0.05, 0.1) is 24.2 Å². The number of nitrogens with one attached hydrogen (secondary N) is 1. The van der Waals surface area contributed by atoms with E-state index in [9.17, 15) is 13.2 Å². The molecule has 0 saturated carbocycles. The first-order valence-corrected chi connectivity index (χ1v) is 11.0. The second-order valence-corrected chi connectivity index (χ2v) is 8.98. The van der Waals surface area contributed by atoms with Crippen LogP contribution in [-0.4, -0.2) is 57.6 Å². The first-order valence-electron chi connectivity index (χ1n) is 9.54. The summed E-state index contributed by atoms with van der Waals surface area (Å²) in [5.74, 6) is 0.388. The summed E-state index contributed by atoms with van der Waals surface area (Å²) in [6.45, 7) is 5.51. The van der Waals surface area contributed by atoms with E-state index in [4.69, 9.17) is 9.47 Å². The predicted octanol–water partition coefficient (Wildman–Crippen LogP) is 2.21. The summed E-state index contributed by atoms with van der Waals surface area (Å²) in [6, 6.07) is 13.5. The number of carbonyl (C=O) groups excluding carboxylic acids is 1. The smallest absolute Gasteiger partial charge is 0.251 e. The molecule has 0 aliphatic carbocycles. The van der Waals surface area contributed by atoms with E-state index in [1.165, 1.54) is 16.4 Å². The number of benzene rings is 2. The number of aryl methyl sites for hydroxylation is 1. The van der Waals surface area contributed by atoms with E-state index in [2.05, 4.69) is 5.32 Å². The molecule has 156 valence electrons. The van der Waals surface area contributed by atoms with Crippen molar-refractivity contribution in [3.63, 3.8) is 0 Å². The summed E-state index contributed by atoms with van der Waals surface area (Å²) in [5.41, 5.74) is 1.44. The minimum Gasteiger partial charge on any atom is -0.491 e. The van der Waals surface area contributed by atoms with Crippen LogP contribution in [-0.2, 0) is 14.8 Å². The summed E-state index contributed by atoms with van der Waals surface area (Å²) in [6.07, 6.45) is 0. The van der Waals surface area contributed by atoms with E-state index in [0.29, 0.717) is 38.5 Å². The number of morpholine rings is 1. The fraction of sp³-hybridized carbons (Fsp3) is 0.381. The van der Waals surface area contributed by atoms with Crippen molar-refractivity contribution in [3.05, 3.63) is 59.7 Å². The summed E-state index contributed by atoms with van der Waals surface area (Å²) in [5, 5.41) is 2.84. The van der Waals surface area contributed by atoms with Gasteiger partial charge in [-0.05, 0) is 44.2 Å². The van der Waals surface area contributed by atoms with Crippen LogP contribution < -0.4 is 10.1 Å². The number of nitrogens with zero attached hydrogens (tertiary/aromatic N) is 1. The van der Waals surface area contributed by atoms with Crippen LogP contribution in [0.25, 0.3) is 0 Å². The lowest BCUT2D eigenvalue weighted by Gasteiger charge is -2.26. The average Bonchev–Trinajstić information content (AvgIpc) is 2.74. The van der Waals surface area contributed by atoms with Crippen LogP contribution in [0, 0.1) is 6.92 Å². The Morgan fingerprint density at radius 2 is 1.86 bits per heavy atom. The van der Waals surface area contributed by atoms with Gasteiger partial charge in [-0.3, -0.25) is 4.79 Å². The summed E-state index contributed by atoms with van der Waals surface area (Å²) < 4.78 is 37.9. The van der Waals surface area contributed by atoms with Crippen molar-refractivity contribution in [2.24, 2.45) is 0 Å². The molecule has 0 spiro atoms. The van der Waals surface area contributed by atoms with Crippen LogP contribution in [0.2, 0.25) is 0 Å². The second kappa shape index (κ2) is 9.39. The van der Waals surface area contributed by atoms with Crippen LogP contribution in [0.5, 0.6) is 5.75 Å². The first kappa shape index (κ1) is 21.3. The molecule has 1 saturated heterocycles. The lowest BCUT2D eigenvalue weighted by molar-refractivity contribution is 0.0730. The average molecular weight is 419 g/mol. The van der Waals surface area contributed by atoms with Crippen molar-refractivity contribution in [3.8, 4) is 5.75 Å². The van der Waals surface area contributed by atoms with Crippen molar-refractivity contribution in [2.45, 2.75) is 24.8 Å². The molecule has 0 bridgehead atoms. The van der Waals surface area contributed by atoms with Gasteiger partial charge < -0.3 is 14.8 Å². The number of amides is 1. The zero-order valence-electron chi connectivity index (χ0n) is 16.6. The lowest BCUT2D eigenvalue weighted by atomic mass is 10.2. The maximum Gasteiger partial charge on any atom is 0.251 e.